The fourth-order valence-corrected chi connectivity index (χ4v) is 4.85. The molecular weight excluding hydrogens is 448 g/mol. The standard InChI is InChI=1S/C30H34N4O2/c1-20(29(35)33-19-21-10-12-25(13-11-21)28(31)32)34-30(36)27-9-5-8-26(18-27)24-16-14-23(15-17-24)22-6-3-2-4-7-22/h2-4,6-7,10-17,20,26-27H,5,8-9,18-19H2,1H3,(H3,31,32)(H,33,35)(H,34,36)/t20-,26-,27+/m0/s1. The number of nitrogens with one attached hydrogen (secondary N) is 3. The van der Waals surface area contributed by atoms with Gasteiger partial charge in [-0.1, -0.05) is 85.3 Å². The molecule has 1 aliphatic rings. The summed E-state index contributed by atoms with van der Waals surface area (Å²) in [5, 5.41) is 13.2. The van der Waals surface area contributed by atoms with E-state index >= 15 is 0 Å². The number of hydrogen-bond acceptors (Lipinski definition) is 3. The monoisotopic (exact) mass is 482 g/mol. The first-order valence-electron chi connectivity index (χ1n) is 12.6. The van der Waals surface area contributed by atoms with E-state index in [1.165, 1.54) is 16.7 Å². The summed E-state index contributed by atoms with van der Waals surface area (Å²) in [6.45, 7) is 2.07. The minimum atomic E-state index is -0.612. The predicted molar refractivity (Wildman–Crippen MR) is 143 cm³/mol. The highest BCUT2D eigenvalue weighted by Gasteiger charge is 2.29. The summed E-state index contributed by atoms with van der Waals surface area (Å²) in [6, 6.07) is 25.6. The molecule has 3 atom stereocenters. The molecule has 0 unspecified atom stereocenters. The second-order valence-corrected chi connectivity index (χ2v) is 9.61. The molecule has 0 radical (unpaired) electrons. The van der Waals surface area contributed by atoms with Crippen molar-refractivity contribution in [3.05, 3.63) is 95.6 Å². The lowest BCUT2D eigenvalue weighted by Gasteiger charge is -2.29. The van der Waals surface area contributed by atoms with Crippen molar-refractivity contribution < 1.29 is 9.59 Å². The van der Waals surface area contributed by atoms with E-state index in [0.717, 1.165) is 31.2 Å². The highest BCUT2D eigenvalue weighted by atomic mass is 16.2. The van der Waals surface area contributed by atoms with Gasteiger partial charge < -0.3 is 16.4 Å². The van der Waals surface area contributed by atoms with Crippen molar-refractivity contribution >= 4 is 17.6 Å². The van der Waals surface area contributed by atoms with E-state index in [2.05, 4.69) is 47.0 Å². The molecule has 1 aliphatic carbocycles. The van der Waals surface area contributed by atoms with Crippen LogP contribution in [0.4, 0.5) is 0 Å². The van der Waals surface area contributed by atoms with Gasteiger partial charge in [0.05, 0.1) is 0 Å². The van der Waals surface area contributed by atoms with Crippen LogP contribution in [0.15, 0.2) is 78.9 Å². The largest absolute Gasteiger partial charge is 0.384 e. The zero-order valence-corrected chi connectivity index (χ0v) is 20.7. The fourth-order valence-electron chi connectivity index (χ4n) is 4.85. The second-order valence-electron chi connectivity index (χ2n) is 9.61. The Labute approximate surface area is 212 Å². The lowest BCUT2D eigenvalue weighted by Crippen LogP contribution is -2.47. The van der Waals surface area contributed by atoms with Crippen LogP contribution in [0.5, 0.6) is 0 Å². The summed E-state index contributed by atoms with van der Waals surface area (Å²) in [5.41, 5.74) is 10.7. The third kappa shape index (κ3) is 6.39. The van der Waals surface area contributed by atoms with Gasteiger partial charge in [-0.25, -0.2) is 0 Å². The van der Waals surface area contributed by atoms with Crippen molar-refractivity contribution in [3.8, 4) is 11.1 Å². The molecule has 1 saturated carbocycles. The van der Waals surface area contributed by atoms with E-state index in [1.54, 1.807) is 19.1 Å². The summed E-state index contributed by atoms with van der Waals surface area (Å²) in [7, 11) is 0. The number of carbonyl (C=O) groups is 2. The van der Waals surface area contributed by atoms with Crippen LogP contribution in [0.2, 0.25) is 0 Å². The van der Waals surface area contributed by atoms with Gasteiger partial charge in [-0.15, -0.1) is 0 Å². The molecule has 0 aliphatic heterocycles. The van der Waals surface area contributed by atoms with Gasteiger partial charge in [0.15, 0.2) is 0 Å². The predicted octanol–water partition coefficient (Wildman–Crippen LogP) is 4.73. The number of nitrogens with two attached hydrogens (primary N) is 1. The van der Waals surface area contributed by atoms with Crippen LogP contribution in [0.3, 0.4) is 0 Å². The van der Waals surface area contributed by atoms with Crippen LogP contribution in [0.1, 0.15) is 55.2 Å². The normalized spacial score (nSPS) is 18.1. The minimum Gasteiger partial charge on any atom is -0.384 e. The Bertz CT molecular complexity index is 1190. The maximum atomic E-state index is 13.0. The summed E-state index contributed by atoms with van der Waals surface area (Å²) in [6.07, 6.45) is 3.72. The number of amides is 2. The number of nitrogen functional groups attached to an aromatic ring is 1. The van der Waals surface area contributed by atoms with Gasteiger partial charge in [0.25, 0.3) is 0 Å². The van der Waals surface area contributed by atoms with Crippen LogP contribution >= 0.6 is 0 Å². The molecule has 186 valence electrons. The van der Waals surface area contributed by atoms with Crippen molar-refractivity contribution in [1.29, 1.82) is 5.41 Å². The number of hydrogen-bond donors (Lipinski definition) is 4. The van der Waals surface area contributed by atoms with Gasteiger partial charge in [0.1, 0.15) is 11.9 Å². The molecular formula is C30H34N4O2. The van der Waals surface area contributed by atoms with Crippen LogP contribution in [-0.2, 0) is 16.1 Å². The van der Waals surface area contributed by atoms with E-state index in [0.29, 0.717) is 18.0 Å². The molecule has 2 amide bonds. The van der Waals surface area contributed by atoms with Crippen LogP contribution in [0, 0.1) is 11.3 Å². The molecule has 36 heavy (non-hydrogen) atoms. The summed E-state index contributed by atoms with van der Waals surface area (Å²) >= 11 is 0. The Morgan fingerprint density at radius 1 is 0.944 bits per heavy atom. The highest BCUT2D eigenvalue weighted by molar-refractivity contribution is 5.94. The number of benzene rings is 3. The number of amidine groups is 1. The van der Waals surface area contributed by atoms with Crippen LogP contribution in [0.25, 0.3) is 11.1 Å². The smallest absolute Gasteiger partial charge is 0.242 e. The first-order chi connectivity index (χ1) is 17.4. The topological polar surface area (TPSA) is 108 Å². The third-order valence-electron chi connectivity index (χ3n) is 7.02. The van der Waals surface area contributed by atoms with Crippen molar-refractivity contribution in [3.63, 3.8) is 0 Å². The van der Waals surface area contributed by atoms with Crippen molar-refractivity contribution in [2.24, 2.45) is 11.7 Å². The van der Waals surface area contributed by atoms with Gasteiger partial charge in [-0.05, 0) is 54.4 Å². The molecule has 0 heterocycles. The second kappa shape index (κ2) is 11.7. The molecule has 3 aromatic carbocycles. The maximum absolute atomic E-state index is 13.0. The number of carbonyl (C=O) groups excluding carboxylic acids is 2. The Hall–Kier alpha value is -3.93. The zero-order chi connectivity index (χ0) is 25.5. The molecule has 0 spiro atoms. The summed E-state index contributed by atoms with van der Waals surface area (Å²) in [4.78, 5) is 25.5. The van der Waals surface area contributed by atoms with Gasteiger partial charge in [-0.3, -0.25) is 15.0 Å². The van der Waals surface area contributed by atoms with E-state index in [1.807, 2.05) is 30.3 Å². The minimum absolute atomic E-state index is 0.0103. The fraction of sp³-hybridized carbons (Fsp3) is 0.300. The molecule has 3 aromatic rings. The summed E-state index contributed by atoms with van der Waals surface area (Å²) in [5.74, 6) is 0.00125. The van der Waals surface area contributed by atoms with E-state index < -0.39 is 6.04 Å². The maximum Gasteiger partial charge on any atom is 0.242 e. The molecule has 1 fully saturated rings. The molecule has 0 bridgehead atoms. The first kappa shape index (κ1) is 25.2. The van der Waals surface area contributed by atoms with Crippen molar-refractivity contribution in [2.75, 3.05) is 0 Å². The Kier molecular flexibility index (Phi) is 8.16. The molecule has 0 aromatic heterocycles. The van der Waals surface area contributed by atoms with Gasteiger partial charge in [0.2, 0.25) is 11.8 Å². The van der Waals surface area contributed by atoms with Crippen LogP contribution < -0.4 is 16.4 Å². The van der Waals surface area contributed by atoms with E-state index in [9.17, 15) is 9.59 Å². The van der Waals surface area contributed by atoms with Gasteiger partial charge >= 0.3 is 0 Å². The third-order valence-corrected chi connectivity index (χ3v) is 7.02. The molecule has 4 rings (SSSR count). The SMILES string of the molecule is C[C@H](NC(=O)[C@@H]1CCC[C@H](c2ccc(-c3ccccc3)cc2)C1)C(=O)NCc1ccc(C(=N)N)cc1. The lowest BCUT2D eigenvalue weighted by atomic mass is 9.77. The molecule has 5 N–H and O–H groups in total. The van der Waals surface area contributed by atoms with Crippen molar-refractivity contribution in [1.82, 2.24) is 10.6 Å². The van der Waals surface area contributed by atoms with Gasteiger partial charge in [0, 0.05) is 18.0 Å². The lowest BCUT2D eigenvalue weighted by molar-refractivity contribution is -0.131. The number of rotatable bonds is 8. The quantitative estimate of drug-likeness (QED) is 0.275. The first-order valence-corrected chi connectivity index (χ1v) is 12.6. The molecule has 6 nitrogen and oxygen atoms in total. The van der Waals surface area contributed by atoms with Crippen molar-refractivity contribution in [2.45, 2.75) is 51.1 Å². The Balaban J connectivity index is 1.28. The van der Waals surface area contributed by atoms with E-state index in [-0.39, 0.29) is 23.6 Å². The molecule has 0 saturated heterocycles. The van der Waals surface area contributed by atoms with E-state index in [4.69, 9.17) is 11.1 Å². The Morgan fingerprint density at radius 2 is 1.61 bits per heavy atom. The van der Waals surface area contributed by atoms with Crippen LogP contribution in [-0.4, -0.2) is 23.7 Å². The molecule has 6 heteroatoms. The van der Waals surface area contributed by atoms with Gasteiger partial charge in [-0.2, -0.15) is 0 Å². The average molecular weight is 483 g/mol. The Morgan fingerprint density at radius 3 is 2.28 bits per heavy atom. The zero-order valence-electron chi connectivity index (χ0n) is 20.7. The highest BCUT2D eigenvalue weighted by Crippen LogP contribution is 2.37. The average Bonchev–Trinajstić information content (AvgIpc) is 2.92. The summed E-state index contributed by atoms with van der Waals surface area (Å²) < 4.78 is 0.